The van der Waals surface area contributed by atoms with Crippen LogP contribution in [0.25, 0.3) is 0 Å². The summed E-state index contributed by atoms with van der Waals surface area (Å²) in [5.41, 5.74) is 1.90. The zero-order valence-corrected chi connectivity index (χ0v) is 20.5. The number of likely N-dealkylation sites (tertiary alicyclic amines) is 1. The number of aromatic nitrogens is 1. The van der Waals surface area contributed by atoms with E-state index < -0.39 is 29.0 Å². The van der Waals surface area contributed by atoms with Gasteiger partial charge in [0.2, 0.25) is 0 Å². The van der Waals surface area contributed by atoms with Gasteiger partial charge in [0.15, 0.2) is 0 Å². The Balaban J connectivity index is 1.45. The third kappa shape index (κ3) is 4.92. The van der Waals surface area contributed by atoms with Gasteiger partial charge in [-0.2, -0.15) is 13.2 Å². The molecule has 1 aliphatic heterocycles. The van der Waals surface area contributed by atoms with Gasteiger partial charge in [-0.3, -0.25) is 19.4 Å². The lowest BCUT2D eigenvalue weighted by Crippen LogP contribution is -2.48. The van der Waals surface area contributed by atoms with Gasteiger partial charge in [-0.25, -0.2) is 0 Å². The van der Waals surface area contributed by atoms with Crippen molar-refractivity contribution in [1.29, 1.82) is 0 Å². The quantitative estimate of drug-likeness (QED) is 0.432. The smallest absolute Gasteiger partial charge is 0.337 e. The normalized spacial score (nSPS) is 18.2. The van der Waals surface area contributed by atoms with Gasteiger partial charge in [0.1, 0.15) is 23.2 Å². The summed E-state index contributed by atoms with van der Waals surface area (Å²) in [7, 11) is 0. The highest BCUT2D eigenvalue weighted by atomic mass is 19.4. The van der Waals surface area contributed by atoms with Crippen LogP contribution in [0.5, 0.6) is 0 Å². The summed E-state index contributed by atoms with van der Waals surface area (Å²) in [6.45, 7) is 6.18. The van der Waals surface area contributed by atoms with Crippen molar-refractivity contribution in [1.82, 2.24) is 9.88 Å². The van der Waals surface area contributed by atoms with Gasteiger partial charge in [0.25, 0.3) is 5.91 Å². The van der Waals surface area contributed by atoms with Crippen molar-refractivity contribution in [3.05, 3.63) is 64.0 Å². The first-order chi connectivity index (χ1) is 16.9. The number of piperidine rings is 1. The predicted octanol–water partition coefficient (Wildman–Crippen LogP) is 5.03. The van der Waals surface area contributed by atoms with Gasteiger partial charge >= 0.3 is 6.18 Å². The minimum atomic E-state index is -4.52. The second kappa shape index (κ2) is 9.53. The highest BCUT2D eigenvalue weighted by Gasteiger charge is 2.48. The number of hydrogen-bond donors (Lipinski definition) is 0. The number of halogens is 3. The molecule has 4 rings (SSSR count). The Morgan fingerprint density at radius 2 is 1.64 bits per heavy atom. The molecule has 0 unspecified atom stereocenters. The number of rotatable bonds is 2. The molecule has 1 amide bonds. The van der Waals surface area contributed by atoms with E-state index in [9.17, 15) is 27.6 Å². The maximum Gasteiger partial charge on any atom is 0.417 e. The van der Waals surface area contributed by atoms with Crippen molar-refractivity contribution in [3.63, 3.8) is 0 Å². The number of nitrogens with zero attached hydrogens (tertiary/aromatic N) is 2. The standard InChI is InChI=1S/C28H27F3N2O3/c1-4-5-19-12-17(2)24(18(3)13-19)25-22(34)14-27(15-23(25)35)8-10-33(11-9-27)26(36)21-7-6-20(16-32-21)28(29,30)31/h6-7,12-13,16,25H,8-11,14-15H2,1-3H3. The summed E-state index contributed by atoms with van der Waals surface area (Å²) in [5.74, 6) is 4.44. The highest BCUT2D eigenvalue weighted by Crippen LogP contribution is 2.46. The first kappa shape index (κ1) is 25.6. The third-order valence-electron chi connectivity index (χ3n) is 7.32. The van der Waals surface area contributed by atoms with Crippen molar-refractivity contribution in [2.24, 2.45) is 5.41 Å². The fraction of sp³-hybridized carbons (Fsp3) is 0.429. The Kier molecular flexibility index (Phi) is 6.78. The molecule has 36 heavy (non-hydrogen) atoms. The van der Waals surface area contributed by atoms with Crippen LogP contribution in [0, 0.1) is 31.1 Å². The molecule has 1 aliphatic carbocycles. The van der Waals surface area contributed by atoms with Crippen molar-refractivity contribution < 1.29 is 27.6 Å². The lowest BCUT2D eigenvalue weighted by molar-refractivity contribution is -0.139. The highest BCUT2D eigenvalue weighted by molar-refractivity contribution is 6.10. The van der Waals surface area contributed by atoms with E-state index in [2.05, 4.69) is 16.8 Å². The Morgan fingerprint density at radius 1 is 1.06 bits per heavy atom. The average molecular weight is 497 g/mol. The first-order valence-corrected chi connectivity index (χ1v) is 11.9. The molecular formula is C28H27F3N2O3. The second-order valence-electron chi connectivity index (χ2n) is 9.84. The van der Waals surface area contributed by atoms with E-state index in [0.717, 1.165) is 34.4 Å². The summed E-state index contributed by atoms with van der Waals surface area (Å²) in [6.07, 6.45) is -2.38. The zero-order valence-electron chi connectivity index (χ0n) is 20.5. The summed E-state index contributed by atoms with van der Waals surface area (Å²) in [4.78, 5) is 44.6. The summed E-state index contributed by atoms with van der Waals surface area (Å²) >= 11 is 0. The largest absolute Gasteiger partial charge is 0.417 e. The monoisotopic (exact) mass is 496 g/mol. The molecule has 0 atom stereocenters. The van der Waals surface area contributed by atoms with Crippen molar-refractivity contribution in [3.8, 4) is 11.8 Å². The van der Waals surface area contributed by atoms with Crippen LogP contribution in [0.2, 0.25) is 0 Å². The number of carbonyl (C=O) groups is 3. The third-order valence-corrected chi connectivity index (χ3v) is 7.32. The molecule has 2 aliphatic rings. The fourth-order valence-corrected chi connectivity index (χ4v) is 5.54. The van der Waals surface area contributed by atoms with Crippen LogP contribution < -0.4 is 0 Å². The number of amides is 1. The Hall–Kier alpha value is -3.47. The second-order valence-corrected chi connectivity index (χ2v) is 9.84. The van der Waals surface area contributed by atoms with Crippen LogP contribution in [0.4, 0.5) is 13.2 Å². The van der Waals surface area contributed by atoms with Crippen LogP contribution in [-0.2, 0) is 15.8 Å². The van der Waals surface area contributed by atoms with E-state index in [1.165, 1.54) is 4.90 Å². The van der Waals surface area contributed by atoms with Crippen LogP contribution in [0.15, 0.2) is 30.5 Å². The van der Waals surface area contributed by atoms with Crippen LogP contribution in [0.1, 0.15) is 76.8 Å². The van der Waals surface area contributed by atoms with E-state index in [1.807, 2.05) is 26.0 Å². The van der Waals surface area contributed by atoms with E-state index in [4.69, 9.17) is 0 Å². The molecule has 0 bridgehead atoms. The predicted molar refractivity (Wildman–Crippen MR) is 127 cm³/mol. The first-order valence-electron chi connectivity index (χ1n) is 11.9. The van der Waals surface area contributed by atoms with E-state index >= 15 is 0 Å². The van der Waals surface area contributed by atoms with Crippen molar-refractivity contribution >= 4 is 17.5 Å². The summed E-state index contributed by atoms with van der Waals surface area (Å²) in [6, 6.07) is 5.73. The molecule has 0 radical (unpaired) electrons. The average Bonchev–Trinajstić information content (AvgIpc) is 2.80. The Morgan fingerprint density at radius 3 is 2.11 bits per heavy atom. The molecular weight excluding hydrogens is 469 g/mol. The molecule has 1 saturated carbocycles. The Bertz CT molecular complexity index is 1230. The number of alkyl halides is 3. The van der Waals surface area contributed by atoms with Crippen molar-refractivity contribution in [2.75, 3.05) is 13.1 Å². The molecule has 2 aromatic rings. The lowest BCUT2D eigenvalue weighted by atomic mass is 9.62. The topological polar surface area (TPSA) is 67.3 Å². The minimum Gasteiger partial charge on any atom is -0.337 e. The van der Waals surface area contributed by atoms with Gasteiger partial charge in [-0.1, -0.05) is 5.92 Å². The summed E-state index contributed by atoms with van der Waals surface area (Å²) < 4.78 is 38.3. The number of pyridine rings is 1. The van der Waals surface area contributed by atoms with Gasteiger partial charge < -0.3 is 4.90 Å². The molecule has 1 saturated heterocycles. The molecule has 0 N–H and O–H groups in total. The number of ketones is 2. The van der Waals surface area contributed by atoms with Gasteiger partial charge in [0, 0.05) is 37.7 Å². The van der Waals surface area contributed by atoms with Gasteiger partial charge in [-0.15, -0.1) is 5.92 Å². The molecule has 5 nitrogen and oxygen atoms in total. The van der Waals surface area contributed by atoms with E-state index in [-0.39, 0.29) is 30.1 Å². The number of benzene rings is 1. The minimum absolute atomic E-state index is 0.0584. The number of carbonyl (C=O) groups excluding carboxylic acids is 3. The molecule has 8 heteroatoms. The van der Waals surface area contributed by atoms with Crippen LogP contribution in [-0.4, -0.2) is 40.4 Å². The van der Waals surface area contributed by atoms with Crippen LogP contribution >= 0.6 is 0 Å². The Labute approximate surface area is 208 Å². The number of hydrogen-bond acceptors (Lipinski definition) is 4. The summed E-state index contributed by atoms with van der Waals surface area (Å²) in [5, 5.41) is 0. The molecule has 188 valence electrons. The molecule has 1 aromatic carbocycles. The van der Waals surface area contributed by atoms with Crippen molar-refractivity contribution in [2.45, 2.75) is 58.5 Å². The molecule has 2 fully saturated rings. The molecule has 2 heterocycles. The van der Waals surface area contributed by atoms with E-state index in [1.54, 1.807) is 6.92 Å². The number of Topliss-reactive ketones (excluding diaryl/α,β-unsaturated/α-hetero) is 2. The SMILES string of the molecule is CC#Cc1cc(C)c(C2C(=O)CC3(CCN(C(=O)c4ccc(C(F)(F)F)cn4)CC3)CC2=O)c(C)c1. The van der Waals surface area contributed by atoms with Gasteiger partial charge in [-0.05, 0) is 80.0 Å². The fourth-order valence-electron chi connectivity index (χ4n) is 5.54. The van der Waals surface area contributed by atoms with Gasteiger partial charge in [0.05, 0.1) is 5.56 Å². The zero-order chi connectivity index (χ0) is 26.3. The number of aryl methyl sites for hydroxylation is 2. The molecule has 1 aromatic heterocycles. The van der Waals surface area contributed by atoms with Crippen LogP contribution in [0.3, 0.4) is 0 Å². The molecule has 1 spiro atoms. The van der Waals surface area contributed by atoms with E-state index in [0.29, 0.717) is 32.1 Å². The maximum absolute atomic E-state index is 13.3. The lowest BCUT2D eigenvalue weighted by Gasteiger charge is -2.44. The maximum atomic E-state index is 13.3.